The molecule has 0 spiro atoms. The molecule has 7 N–H and O–H groups in total. The lowest BCUT2D eigenvalue weighted by Gasteiger charge is -2.45. The summed E-state index contributed by atoms with van der Waals surface area (Å²) in [6, 6.07) is 15.9. The summed E-state index contributed by atoms with van der Waals surface area (Å²) in [5.74, 6) is -0.513. The Hall–Kier alpha value is -2.94. The van der Waals surface area contributed by atoms with Gasteiger partial charge in [0.1, 0.15) is 12.3 Å². The quantitative estimate of drug-likeness (QED) is 0.547. The number of amides is 1. The summed E-state index contributed by atoms with van der Waals surface area (Å²) in [5.41, 5.74) is 3.54. The van der Waals surface area contributed by atoms with Crippen LogP contribution in [0.4, 0.5) is 0 Å². The summed E-state index contributed by atoms with van der Waals surface area (Å²) >= 11 is 0. The van der Waals surface area contributed by atoms with Gasteiger partial charge in [-0.25, -0.2) is 0 Å². The maximum absolute atomic E-state index is 11.8. The molecule has 2 atom stereocenters. The zero-order chi connectivity index (χ0) is 22.4. The van der Waals surface area contributed by atoms with Crippen molar-refractivity contribution in [2.75, 3.05) is 19.6 Å². The first-order valence-corrected chi connectivity index (χ1v) is 10.8. The summed E-state index contributed by atoms with van der Waals surface area (Å²) in [6.45, 7) is 7.06. The van der Waals surface area contributed by atoms with Crippen LogP contribution in [-0.2, 0) is 28.0 Å². The average Bonchev–Trinajstić information content (AvgIpc) is 2.74. The van der Waals surface area contributed by atoms with E-state index in [1.54, 1.807) is 6.07 Å². The van der Waals surface area contributed by atoms with Crippen molar-refractivity contribution in [2.45, 2.75) is 45.1 Å². The topological polar surface area (TPSA) is 153 Å². The van der Waals surface area contributed by atoms with Gasteiger partial charge in [0.25, 0.3) is 0 Å². The third-order valence-corrected chi connectivity index (χ3v) is 6.55. The number of benzene rings is 2. The van der Waals surface area contributed by atoms with Crippen LogP contribution in [0.25, 0.3) is 0 Å². The standard InChI is InChI=1S/C25H32N2O4.2H2O/c1-18-16-27(12-11-25(18,2)21-7-4-8-22(28)14-21)17-20-6-3-5-19(13-20)9-10-23(29)26-15-24(30)31;;/h3-8,13-14,18,28H,9-12,15-17H2,1-2H3,(H,26,29)(H,30,31);2*1H2/t18-,25+;;/m0../s1. The van der Waals surface area contributed by atoms with Crippen molar-refractivity contribution in [3.8, 4) is 5.75 Å². The van der Waals surface area contributed by atoms with Crippen LogP contribution in [0.15, 0.2) is 48.5 Å². The van der Waals surface area contributed by atoms with E-state index >= 15 is 0 Å². The lowest BCUT2D eigenvalue weighted by Crippen LogP contribution is -2.46. The number of nitrogens with one attached hydrogen (secondary N) is 1. The van der Waals surface area contributed by atoms with E-state index in [0.29, 0.717) is 18.1 Å². The molecule has 0 radical (unpaired) electrons. The first-order valence-electron chi connectivity index (χ1n) is 10.8. The van der Waals surface area contributed by atoms with Crippen LogP contribution in [0.5, 0.6) is 5.75 Å². The lowest BCUT2D eigenvalue weighted by atomic mass is 9.68. The maximum atomic E-state index is 11.8. The van der Waals surface area contributed by atoms with E-state index in [1.165, 1.54) is 11.1 Å². The minimum Gasteiger partial charge on any atom is -0.508 e. The van der Waals surface area contributed by atoms with Gasteiger partial charge in [-0.3, -0.25) is 14.5 Å². The Labute approximate surface area is 194 Å². The number of aryl methyl sites for hydroxylation is 1. The minimum atomic E-state index is -1.04. The number of likely N-dealkylation sites (tertiary alicyclic amines) is 1. The van der Waals surface area contributed by atoms with Crippen molar-refractivity contribution in [3.05, 3.63) is 65.2 Å². The molecule has 0 saturated carbocycles. The van der Waals surface area contributed by atoms with Crippen molar-refractivity contribution in [2.24, 2.45) is 5.92 Å². The van der Waals surface area contributed by atoms with Gasteiger partial charge >= 0.3 is 5.97 Å². The fourth-order valence-corrected chi connectivity index (χ4v) is 4.41. The van der Waals surface area contributed by atoms with E-state index in [2.05, 4.69) is 42.3 Å². The van der Waals surface area contributed by atoms with Crippen molar-refractivity contribution in [3.63, 3.8) is 0 Å². The second-order valence-electron chi connectivity index (χ2n) is 8.84. The maximum Gasteiger partial charge on any atom is 0.322 e. The molecular formula is C25H36N2O6. The van der Waals surface area contributed by atoms with Crippen LogP contribution < -0.4 is 5.32 Å². The minimum absolute atomic E-state index is 0. The molecule has 8 heteroatoms. The number of hydrogen-bond acceptors (Lipinski definition) is 4. The number of carboxylic acid groups (broad SMARTS) is 1. The Morgan fingerprint density at radius 2 is 1.82 bits per heavy atom. The number of hydrogen-bond donors (Lipinski definition) is 3. The molecule has 1 heterocycles. The van der Waals surface area contributed by atoms with Crippen LogP contribution in [0.2, 0.25) is 0 Å². The first kappa shape index (κ1) is 28.1. The van der Waals surface area contributed by atoms with Crippen LogP contribution in [0.3, 0.4) is 0 Å². The highest BCUT2D eigenvalue weighted by Crippen LogP contribution is 2.40. The van der Waals surface area contributed by atoms with Gasteiger partial charge in [-0.05, 0) is 59.5 Å². The van der Waals surface area contributed by atoms with Crippen molar-refractivity contribution in [1.82, 2.24) is 10.2 Å². The fourth-order valence-electron chi connectivity index (χ4n) is 4.41. The number of nitrogens with zero attached hydrogens (tertiary/aromatic N) is 1. The Bertz CT molecular complexity index is 935. The monoisotopic (exact) mass is 460 g/mol. The van der Waals surface area contributed by atoms with Gasteiger partial charge < -0.3 is 26.5 Å². The van der Waals surface area contributed by atoms with Gasteiger partial charge in [0.15, 0.2) is 0 Å². The van der Waals surface area contributed by atoms with Gasteiger partial charge in [0.05, 0.1) is 0 Å². The molecule has 3 rings (SSSR count). The number of aliphatic carboxylic acids is 1. The molecule has 1 saturated heterocycles. The van der Waals surface area contributed by atoms with Crippen molar-refractivity contribution < 1.29 is 30.8 Å². The number of carboxylic acids is 1. The number of piperidine rings is 1. The number of phenolic OH excluding ortho intramolecular Hbond substituents is 1. The second-order valence-corrected chi connectivity index (χ2v) is 8.84. The summed E-state index contributed by atoms with van der Waals surface area (Å²) in [5, 5.41) is 20.9. The zero-order valence-electron chi connectivity index (χ0n) is 19.3. The Morgan fingerprint density at radius 3 is 2.48 bits per heavy atom. The highest BCUT2D eigenvalue weighted by molar-refractivity contribution is 5.81. The van der Waals surface area contributed by atoms with Gasteiger partial charge in [-0.15, -0.1) is 0 Å². The van der Waals surface area contributed by atoms with Gasteiger partial charge in [-0.2, -0.15) is 0 Å². The third-order valence-electron chi connectivity index (χ3n) is 6.55. The largest absolute Gasteiger partial charge is 0.508 e. The fraction of sp³-hybridized carbons (Fsp3) is 0.440. The number of carbonyl (C=O) groups is 2. The molecule has 1 fully saturated rings. The first-order chi connectivity index (χ1) is 14.8. The number of carbonyl (C=O) groups excluding carboxylic acids is 1. The molecule has 8 nitrogen and oxygen atoms in total. The average molecular weight is 461 g/mol. The van der Waals surface area contributed by atoms with Crippen LogP contribution in [0, 0.1) is 5.92 Å². The molecule has 0 aromatic heterocycles. The molecule has 1 aliphatic heterocycles. The Kier molecular flexibility index (Phi) is 10.5. The predicted molar refractivity (Wildman–Crippen MR) is 127 cm³/mol. The van der Waals surface area contributed by atoms with Gasteiger partial charge in [-0.1, -0.05) is 50.2 Å². The van der Waals surface area contributed by atoms with E-state index in [0.717, 1.165) is 31.6 Å². The molecule has 0 unspecified atom stereocenters. The van der Waals surface area contributed by atoms with E-state index in [1.807, 2.05) is 24.3 Å². The second kappa shape index (κ2) is 12.3. The smallest absolute Gasteiger partial charge is 0.322 e. The normalized spacial score (nSPS) is 20.2. The predicted octanol–water partition coefficient (Wildman–Crippen LogP) is 1.68. The molecule has 0 bridgehead atoms. The summed E-state index contributed by atoms with van der Waals surface area (Å²) < 4.78 is 0. The Balaban J connectivity index is 0.00000272. The van der Waals surface area contributed by atoms with E-state index < -0.39 is 5.97 Å². The summed E-state index contributed by atoms with van der Waals surface area (Å²) in [4.78, 5) is 24.8. The molecule has 33 heavy (non-hydrogen) atoms. The molecule has 1 aliphatic rings. The van der Waals surface area contributed by atoms with Crippen LogP contribution in [0.1, 0.15) is 43.4 Å². The molecule has 182 valence electrons. The van der Waals surface area contributed by atoms with Crippen LogP contribution in [-0.4, -0.2) is 57.6 Å². The molecule has 0 aliphatic carbocycles. The summed E-state index contributed by atoms with van der Waals surface area (Å²) in [6.07, 6.45) is 1.89. The molecular weight excluding hydrogens is 424 g/mol. The van der Waals surface area contributed by atoms with E-state index in [-0.39, 0.29) is 35.2 Å². The van der Waals surface area contributed by atoms with E-state index in [9.17, 15) is 14.7 Å². The van der Waals surface area contributed by atoms with Crippen LogP contribution >= 0.6 is 0 Å². The van der Waals surface area contributed by atoms with Crippen molar-refractivity contribution in [1.29, 1.82) is 0 Å². The third kappa shape index (κ3) is 7.56. The zero-order valence-corrected chi connectivity index (χ0v) is 19.3. The molecule has 2 aromatic rings. The number of phenols is 1. The number of aromatic hydroxyl groups is 1. The highest BCUT2D eigenvalue weighted by Gasteiger charge is 2.38. The van der Waals surface area contributed by atoms with E-state index in [4.69, 9.17) is 5.11 Å². The van der Waals surface area contributed by atoms with Gasteiger partial charge in [0.2, 0.25) is 5.91 Å². The lowest BCUT2D eigenvalue weighted by molar-refractivity contribution is -0.137. The molecule has 2 aromatic carbocycles. The number of rotatable bonds is 8. The Morgan fingerprint density at radius 1 is 1.12 bits per heavy atom. The van der Waals surface area contributed by atoms with Crippen molar-refractivity contribution >= 4 is 11.9 Å². The SMILES string of the molecule is C[C@H]1CN(Cc2cccc(CCC(=O)NCC(=O)O)c2)CC[C@@]1(C)c1cccc(O)c1.O.O. The highest BCUT2D eigenvalue weighted by atomic mass is 16.4. The summed E-state index contributed by atoms with van der Waals surface area (Å²) in [7, 11) is 0. The molecule has 1 amide bonds. The van der Waals surface area contributed by atoms with Gasteiger partial charge in [0, 0.05) is 19.5 Å².